The van der Waals surface area contributed by atoms with Crippen LogP contribution in [0.3, 0.4) is 0 Å². The van der Waals surface area contributed by atoms with Crippen LogP contribution in [-0.2, 0) is 6.42 Å². The van der Waals surface area contributed by atoms with Crippen molar-refractivity contribution >= 4 is 34.7 Å². The van der Waals surface area contributed by atoms with Crippen LogP contribution < -0.4 is 10.6 Å². The molecule has 146 valence electrons. The number of fused-ring (bicyclic) bond motifs is 1. The molecule has 9 heteroatoms. The van der Waals surface area contributed by atoms with Gasteiger partial charge < -0.3 is 9.97 Å². The zero-order valence-electron chi connectivity index (χ0n) is 15.7. The van der Waals surface area contributed by atoms with Gasteiger partial charge in [-0.05, 0) is 30.7 Å². The van der Waals surface area contributed by atoms with Crippen LogP contribution in [0.1, 0.15) is 39.9 Å². The van der Waals surface area contributed by atoms with E-state index in [9.17, 15) is 9.59 Å². The number of imidazole rings is 2. The van der Waals surface area contributed by atoms with Gasteiger partial charge in [0, 0.05) is 18.1 Å². The number of carbonyl (C=O) groups is 2. The summed E-state index contributed by atoms with van der Waals surface area (Å²) >= 11 is 0. The second kappa shape index (κ2) is 7.93. The van der Waals surface area contributed by atoms with Crippen LogP contribution in [0.5, 0.6) is 0 Å². The van der Waals surface area contributed by atoms with Crippen LogP contribution in [0, 0.1) is 0 Å². The molecule has 4 N–H and O–H groups in total. The first-order valence-electron chi connectivity index (χ1n) is 9.21. The lowest BCUT2D eigenvalue weighted by Gasteiger charge is -2.03. The van der Waals surface area contributed by atoms with E-state index in [-0.39, 0.29) is 17.8 Å². The highest BCUT2D eigenvalue weighted by Gasteiger charge is 2.16. The van der Waals surface area contributed by atoms with Gasteiger partial charge in [0.25, 0.3) is 11.8 Å². The van der Waals surface area contributed by atoms with E-state index in [0.717, 1.165) is 18.5 Å². The van der Waals surface area contributed by atoms with Crippen molar-refractivity contribution in [3.8, 4) is 0 Å². The van der Waals surface area contributed by atoms with Crippen molar-refractivity contribution in [3.05, 3.63) is 65.7 Å². The van der Waals surface area contributed by atoms with Crippen LogP contribution in [0.15, 0.2) is 48.8 Å². The molecule has 9 nitrogen and oxygen atoms in total. The van der Waals surface area contributed by atoms with Crippen molar-refractivity contribution in [2.45, 2.75) is 19.8 Å². The number of aryl methyl sites for hydroxylation is 1. The highest BCUT2D eigenvalue weighted by Crippen LogP contribution is 2.20. The first kappa shape index (κ1) is 18.4. The number of rotatable bonds is 6. The number of nitrogens with one attached hydrogen (secondary N) is 4. The molecule has 0 saturated heterocycles. The maximum atomic E-state index is 12.6. The van der Waals surface area contributed by atoms with Crippen molar-refractivity contribution in [1.29, 1.82) is 0 Å². The van der Waals surface area contributed by atoms with E-state index in [2.05, 4.69) is 42.5 Å². The molecule has 4 rings (SSSR count). The Labute approximate surface area is 166 Å². The summed E-state index contributed by atoms with van der Waals surface area (Å²) in [6.45, 7) is 2.06. The van der Waals surface area contributed by atoms with Gasteiger partial charge in [-0.1, -0.05) is 25.5 Å². The van der Waals surface area contributed by atoms with Gasteiger partial charge in [-0.25, -0.2) is 15.0 Å². The molecule has 0 fully saturated rings. The first-order valence-corrected chi connectivity index (χ1v) is 9.21. The van der Waals surface area contributed by atoms with Gasteiger partial charge in [0.05, 0.1) is 11.1 Å². The second-order valence-electron chi connectivity index (χ2n) is 6.40. The van der Waals surface area contributed by atoms with Crippen molar-refractivity contribution in [2.75, 3.05) is 10.6 Å². The Hall–Kier alpha value is -4.01. The summed E-state index contributed by atoms with van der Waals surface area (Å²) in [6, 6.07) is 10.5. The van der Waals surface area contributed by atoms with Crippen molar-refractivity contribution in [1.82, 2.24) is 24.9 Å². The molecule has 0 aliphatic rings. The normalized spacial score (nSPS) is 10.8. The van der Waals surface area contributed by atoms with E-state index in [1.807, 2.05) is 12.1 Å². The molecule has 3 heterocycles. The lowest BCUT2D eigenvalue weighted by molar-refractivity contribution is 0.101. The van der Waals surface area contributed by atoms with Crippen molar-refractivity contribution in [3.63, 3.8) is 0 Å². The number of anilines is 2. The first-order chi connectivity index (χ1) is 14.1. The highest BCUT2D eigenvalue weighted by atomic mass is 16.2. The van der Waals surface area contributed by atoms with Crippen LogP contribution in [0.4, 0.5) is 11.9 Å². The third kappa shape index (κ3) is 3.98. The second-order valence-corrected chi connectivity index (χ2v) is 6.40. The van der Waals surface area contributed by atoms with E-state index >= 15 is 0 Å². The maximum Gasteiger partial charge on any atom is 0.276 e. The number of benzene rings is 1. The van der Waals surface area contributed by atoms with E-state index in [4.69, 9.17) is 0 Å². The molecular formula is C20H19N7O2. The fraction of sp³-hybridized carbons (Fsp3) is 0.150. The monoisotopic (exact) mass is 389 g/mol. The molecule has 0 spiro atoms. The number of pyridine rings is 1. The maximum absolute atomic E-state index is 12.6. The molecule has 0 unspecified atom stereocenters. The lowest BCUT2D eigenvalue weighted by atomic mass is 10.2. The average molecular weight is 389 g/mol. The molecular weight excluding hydrogens is 370 g/mol. The minimum absolute atomic E-state index is 0.242. The summed E-state index contributed by atoms with van der Waals surface area (Å²) in [5.74, 6) is -0.146. The molecule has 1 aromatic carbocycles. The third-order valence-corrected chi connectivity index (χ3v) is 4.26. The molecule has 4 aromatic rings. The SMILES string of the molecule is CCCc1cccc(C(=O)Nc2nc3c(C(=O)Nc4ncc[nH]4)cccc3[nH]2)n1. The smallest absolute Gasteiger partial charge is 0.276 e. The number of amides is 2. The standard InChI is InChI=1S/C20H19N7O2/c1-2-5-12-6-3-9-15(23-12)18(29)27-20-24-14-8-4-7-13(16(14)25-20)17(28)26-19-21-10-11-22-19/h3-4,6-11H,2,5H2,1H3,(H2,21,22,26,28)(H2,24,25,27,29). The van der Waals surface area contributed by atoms with E-state index in [1.165, 1.54) is 0 Å². The summed E-state index contributed by atoms with van der Waals surface area (Å²) in [4.78, 5) is 43.7. The third-order valence-electron chi connectivity index (χ3n) is 4.26. The molecule has 3 aromatic heterocycles. The molecule has 0 saturated carbocycles. The van der Waals surface area contributed by atoms with Crippen LogP contribution >= 0.6 is 0 Å². The van der Waals surface area contributed by atoms with Crippen molar-refractivity contribution in [2.24, 2.45) is 0 Å². The summed E-state index contributed by atoms with van der Waals surface area (Å²) in [5, 5.41) is 5.38. The quantitative estimate of drug-likeness (QED) is 0.403. The van der Waals surface area contributed by atoms with Crippen LogP contribution in [-0.4, -0.2) is 36.7 Å². The predicted molar refractivity (Wildman–Crippen MR) is 109 cm³/mol. The van der Waals surface area contributed by atoms with Gasteiger partial charge in [0.1, 0.15) is 11.2 Å². The molecule has 0 aliphatic heterocycles. The minimum atomic E-state index is -0.372. The molecule has 0 bridgehead atoms. The summed E-state index contributed by atoms with van der Waals surface area (Å²) in [6.07, 6.45) is 4.91. The van der Waals surface area contributed by atoms with Gasteiger partial charge >= 0.3 is 0 Å². The minimum Gasteiger partial charge on any atom is -0.331 e. The number of para-hydroxylation sites is 1. The van der Waals surface area contributed by atoms with Gasteiger partial charge in [0.15, 0.2) is 0 Å². The Bertz CT molecular complexity index is 1160. The molecule has 2 amide bonds. The average Bonchev–Trinajstić information content (AvgIpc) is 3.37. The highest BCUT2D eigenvalue weighted by molar-refractivity contribution is 6.11. The Kier molecular flexibility index (Phi) is 5.02. The summed E-state index contributed by atoms with van der Waals surface area (Å²) in [7, 11) is 0. The van der Waals surface area contributed by atoms with Gasteiger partial charge in [-0.3, -0.25) is 20.2 Å². The van der Waals surface area contributed by atoms with E-state index < -0.39 is 0 Å². The van der Waals surface area contributed by atoms with Gasteiger partial charge in [0.2, 0.25) is 11.9 Å². The Morgan fingerprint density at radius 3 is 2.62 bits per heavy atom. The topological polar surface area (TPSA) is 128 Å². The number of hydrogen-bond donors (Lipinski definition) is 4. The summed E-state index contributed by atoms with van der Waals surface area (Å²) in [5.41, 5.74) is 2.60. The number of hydrogen-bond acceptors (Lipinski definition) is 5. The van der Waals surface area contributed by atoms with Crippen LogP contribution in [0.25, 0.3) is 11.0 Å². The Morgan fingerprint density at radius 1 is 1.00 bits per heavy atom. The molecule has 0 radical (unpaired) electrons. The molecule has 0 atom stereocenters. The number of nitrogens with zero attached hydrogens (tertiary/aromatic N) is 3. The lowest BCUT2D eigenvalue weighted by Crippen LogP contribution is -2.15. The van der Waals surface area contributed by atoms with E-state index in [0.29, 0.717) is 28.2 Å². The van der Waals surface area contributed by atoms with Gasteiger partial charge in [-0.15, -0.1) is 0 Å². The molecule has 0 aliphatic carbocycles. The number of aromatic amines is 2. The fourth-order valence-electron chi connectivity index (χ4n) is 2.96. The largest absolute Gasteiger partial charge is 0.331 e. The Morgan fingerprint density at radius 2 is 1.83 bits per heavy atom. The number of carbonyl (C=O) groups excluding carboxylic acids is 2. The summed E-state index contributed by atoms with van der Waals surface area (Å²) < 4.78 is 0. The molecule has 29 heavy (non-hydrogen) atoms. The zero-order chi connectivity index (χ0) is 20.2. The predicted octanol–water partition coefficient (Wildman–Crippen LogP) is 3.14. The number of H-pyrrole nitrogens is 2. The van der Waals surface area contributed by atoms with Gasteiger partial charge in [-0.2, -0.15) is 0 Å². The Balaban J connectivity index is 1.57. The number of aromatic nitrogens is 5. The fourth-order valence-corrected chi connectivity index (χ4v) is 2.96. The van der Waals surface area contributed by atoms with Crippen LogP contribution in [0.2, 0.25) is 0 Å². The van der Waals surface area contributed by atoms with E-state index in [1.54, 1.807) is 36.7 Å². The zero-order valence-corrected chi connectivity index (χ0v) is 15.7. The van der Waals surface area contributed by atoms with Crippen molar-refractivity contribution < 1.29 is 9.59 Å².